The minimum atomic E-state index is -5.42. The summed E-state index contributed by atoms with van der Waals surface area (Å²) in [5.74, 6) is -5.08. The van der Waals surface area contributed by atoms with Gasteiger partial charge in [0.2, 0.25) is 5.43 Å². The third kappa shape index (κ3) is 9.28. The molecule has 0 radical (unpaired) electrons. The Hall–Kier alpha value is -2.96. The summed E-state index contributed by atoms with van der Waals surface area (Å²) < 4.78 is 39.9. The second kappa shape index (κ2) is 15.4. The molecule has 0 saturated carbocycles. The molecule has 44 heavy (non-hydrogen) atoms. The smallest absolute Gasteiger partial charge is 0.731 e. The number of nitrogens with two attached hydrogens (primary N) is 1. The number of ether oxygens (including phenoxy) is 1. The van der Waals surface area contributed by atoms with Gasteiger partial charge in [0.1, 0.15) is 18.3 Å². The molecule has 1 fully saturated rings. The van der Waals surface area contributed by atoms with Gasteiger partial charge in [-0.2, -0.15) is 4.73 Å². The first-order valence-corrected chi connectivity index (χ1v) is 13.5. The monoisotopic (exact) mass is 677 g/mol. The van der Waals surface area contributed by atoms with Gasteiger partial charge in [-0.1, -0.05) is 5.16 Å². The zero-order valence-electron chi connectivity index (χ0n) is 23.4. The summed E-state index contributed by atoms with van der Waals surface area (Å²) in [5, 5.41) is 39.1. The van der Waals surface area contributed by atoms with Crippen molar-refractivity contribution in [1.29, 1.82) is 0 Å². The Kier molecular flexibility index (Phi) is 13.6. The van der Waals surface area contributed by atoms with Crippen molar-refractivity contribution >= 4 is 56.4 Å². The summed E-state index contributed by atoms with van der Waals surface area (Å²) in [4.78, 5) is 69.1. The second-order valence-electron chi connectivity index (χ2n) is 8.83. The van der Waals surface area contributed by atoms with E-state index in [1.165, 1.54) is 5.38 Å². The first-order chi connectivity index (χ1) is 19.4. The van der Waals surface area contributed by atoms with Crippen molar-refractivity contribution in [3.63, 3.8) is 0 Å². The standard InChI is InChI=1S/C20H23N7O13S2.2Na/c1-20(2,17(32)33)40-25-13(9-7-41-18(21)23-9)15(30)24-14-10(27(16(14)31)42(36,37)38)4-22-19(34)39-6-8-3-11(28)12(29)5-26(8)35;;/h3,5,7,10,14,29,35H,4,6H2,1-2H3,(H2,21,23)(H,22,34)(H,24,30)(H,32,33)(H,36,37,38);;/q;2*+1/p-2/t10-,14+;;/m1../s1. The summed E-state index contributed by atoms with van der Waals surface area (Å²) >= 11 is 0.867. The number of aromatic nitrogens is 2. The number of nitrogen functional groups attached to an aromatic ring is 1. The van der Waals surface area contributed by atoms with E-state index in [2.05, 4.69) is 20.8 Å². The Morgan fingerprint density at radius 1 is 1.27 bits per heavy atom. The predicted octanol–water partition coefficient (Wildman–Crippen LogP) is -9.83. The van der Waals surface area contributed by atoms with Gasteiger partial charge in [0, 0.05) is 18.0 Å². The zero-order valence-corrected chi connectivity index (χ0v) is 29.0. The van der Waals surface area contributed by atoms with Crippen molar-refractivity contribution in [3.8, 4) is 5.75 Å². The molecule has 3 heterocycles. The van der Waals surface area contributed by atoms with E-state index in [4.69, 9.17) is 15.3 Å². The second-order valence-corrected chi connectivity index (χ2v) is 11.0. The normalized spacial score (nSPS) is 16.5. The van der Waals surface area contributed by atoms with Crippen LogP contribution in [0.3, 0.4) is 0 Å². The van der Waals surface area contributed by atoms with E-state index < -0.39 is 81.9 Å². The molecule has 0 aromatic carbocycles. The number of hydrogen-bond acceptors (Lipinski definition) is 17. The number of alkyl carbamates (subject to hydrolysis) is 1. The van der Waals surface area contributed by atoms with Crippen LogP contribution in [0.15, 0.2) is 27.6 Å². The van der Waals surface area contributed by atoms with Crippen LogP contribution in [-0.4, -0.2) is 91.1 Å². The van der Waals surface area contributed by atoms with Gasteiger partial charge in [0.15, 0.2) is 32.5 Å². The molecule has 0 unspecified atom stereocenters. The van der Waals surface area contributed by atoms with Gasteiger partial charge in [-0.05, 0) is 13.8 Å². The predicted molar refractivity (Wildman–Crippen MR) is 133 cm³/mol. The third-order valence-corrected chi connectivity index (χ3v) is 7.04. The van der Waals surface area contributed by atoms with Crippen molar-refractivity contribution in [2.75, 3.05) is 12.3 Å². The molecular weight excluding hydrogens is 656 g/mol. The quantitative estimate of drug-likeness (QED) is 0.0368. The molecule has 0 aliphatic carbocycles. The Labute approximate surface area is 295 Å². The molecule has 6 N–H and O–H groups in total. The number of hydrogen-bond donors (Lipinski definition) is 5. The summed E-state index contributed by atoms with van der Waals surface area (Å²) in [6, 6.07) is -2.63. The van der Waals surface area contributed by atoms with E-state index >= 15 is 0 Å². The number of amides is 3. The maximum Gasteiger partial charge on any atom is 1.00 e. The number of carbonyl (C=O) groups is 4. The third-order valence-electron chi connectivity index (χ3n) is 5.43. The SMILES string of the molecule is CC(C)(ON=C(C(=O)N[C@@H]1C(=O)N(S(=O)(=O)[O-])[C@@H]1CNC(=O)OCc1cc(=O)c(O)cn1O)c1csc(N)n1)C(=O)[O-].[Na+].[Na+]. The molecule has 24 heteroatoms. The minimum Gasteiger partial charge on any atom is -0.731 e. The number of oxime groups is 1. The van der Waals surface area contributed by atoms with Crippen LogP contribution in [0.4, 0.5) is 9.93 Å². The topological polar surface area (TPSA) is 308 Å². The largest absolute Gasteiger partial charge is 1.00 e. The molecule has 228 valence electrons. The van der Waals surface area contributed by atoms with Crippen LogP contribution in [0.25, 0.3) is 0 Å². The van der Waals surface area contributed by atoms with Crippen molar-refractivity contribution in [1.82, 2.24) is 24.7 Å². The Bertz CT molecular complexity index is 1630. The summed E-state index contributed by atoms with van der Waals surface area (Å²) in [6.45, 7) is 0.656. The van der Waals surface area contributed by atoms with Crippen LogP contribution in [0, 0.1) is 0 Å². The molecule has 2 aromatic rings. The van der Waals surface area contributed by atoms with E-state index in [0.717, 1.165) is 31.3 Å². The molecule has 0 bridgehead atoms. The first kappa shape index (κ1) is 39.1. The number of pyridine rings is 1. The number of rotatable bonds is 11. The number of carbonyl (C=O) groups excluding carboxylic acids is 4. The minimum absolute atomic E-state index is 0. The molecule has 20 nitrogen and oxygen atoms in total. The van der Waals surface area contributed by atoms with Gasteiger partial charge in [0.25, 0.3) is 11.8 Å². The number of anilines is 1. The number of β-lactam (4-membered cyclic amide) rings is 1. The summed E-state index contributed by atoms with van der Waals surface area (Å²) in [6.07, 6.45) is -0.619. The van der Waals surface area contributed by atoms with Crippen LogP contribution in [0.2, 0.25) is 0 Å². The van der Waals surface area contributed by atoms with Gasteiger partial charge >= 0.3 is 65.2 Å². The summed E-state index contributed by atoms with van der Waals surface area (Å²) in [5.41, 5.74) is 1.50. The van der Waals surface area contributed by atoms with Crippen molar-refractivity contribution in [3.05, 3.63) is 39.3 Å². The average Bonchev–Trinajstić information content (AvgIpc) is 3.30. The molecule has 2 atom stereocenters. The van der Waals surface area contributed by atoms with E-state index in [1.807, 2.05) is 0 Å². The molecule has 1 aliphatic rings. The molecule has 1 saturated heterocycles. The summed E-state index contributed by atoms with van der Waals surface area (Å²) in [7, 11) is -5.42. The van der Waals surface area contributed by atoms with Gasteiger partial charge in [-0.25, -0.2) is 22.5 Å². The average molecular weight is 678 g/mol. The van der Waals surface area contributed by atoms with Crippen LogP contribution in [0.5, 0.6) is 5.75 Å². The number of carboxylic acid groups (broad SMARTS) is 1. The van der Waals surface area contributed by atoms with Crippen molar-refractivity contribution in [2.45, 2.75) is 38.1 Å². The molecule has 2 aromatic heterocycles. The van der Waals surface area contributed by atoms with Crippen LogP contribution >= 0.6 is 11.3 Å². The van der Waals surface area contributed by atoms with Gasteiger partial charge in [0.05, 0.1) is 23.9 Å². The van der Waals surface area contributed by atoms with Gasteiger partial charge in [-0.15, -0.1) is 11.3 Å². The fourth-order valence-corrected chi connectivity index (χ4v) is 4.61. The Morgan fingerprint density at radius 2 is 1.91 bits per heavy atom. The fraction of sp³-hybridized carbons (Fsp3) is 0.350. The van der Waals surface area contributed by atoms with Crippen LogP contribution < -0.4 is 86.0 Å². The Morgan fingerprint density at radius 3 is 2.45 bits per heavy atom. The van der Waals surface area contributed by atoms with Gasteiger partial charge in [-0.3, -0.25) is 14.4 Å². The maximum atomic E-state index is 13.0. The van der Waals surface area contributed by atoms with E-state index in [-0.39, 0.29) is 79.9 Å². The van der Waals surface area contributed by atoms with Crippen LogP contribution in [-0.2, 0) is 40.9 Å². The molecular formula is C20H21N7Na2O13S2. The van der Waals surface area contributed by atoms with E-state index in [9.17, 15) is 52.4 Å². The Balaban J connectivity index is 0.00000484. The number of aliphatic carboxylic acids is 1. The van der Waals surface area contributed by atoms with E-state index in [0.29, 0.717) is 10.9 Å². The first-order valence-electron chi connectivity index (χ1n) is 11.3. The molecule has 1 aliphatic heterocycles. The van der Waals surface area contributed by atoms with Crippen molar-refractivity contribution in [2.24, 2.45) is 5.16 Å². The number of nitrogens with zero attached hydrogens (tertiary/aromatic N) is 4. The van der Waals surface area contributed by atoms with Crippen molar-refractivity contribution < 1.29 is 116 Å². The number of carboxylic acids is 1. The molecule has 3 rings (SSSR count). The maximum absolute atomic E-state index is 13.0. The number of nitrogens with one attached hydrogen (secondary N) is 2. The van der Waals surface area contributed by atoms with Gasteiger partial charge < -0.3 is 50.7 Å². The number of thiazole rings is 1. The zero-order chi connectivity index (χ0) is 31.6. The molecule has 0 spiro atoms. The number of aromatic hydroxyl groups is 1. The molecule has 3 amide bonds. The van der Waals surface area contributed by atoms with E-state index in [1.54, 1.807) is 0 Å². The fourth-order valence-electron chi connectivity index (χ4n) is 3.20. The van der Waals surface area contributed by atoms with Crippen LogP contribution in [0.1, 0.15) is 25.2 Å².